The van der Waals surface area contributed by atoms with Crippen LogP contribution >= 0.6 is 0 Å². The van der Waals surface area contributed by atoms with Gasteiger partial charge in [0, 0.05) is 6.04 Å². The Labute approximate surface area is 105 Å². The number of primary amides is 1. The van der Waals surface area contributed by atoms with E-state index in [9.17, 15) is 9.59 Å². The van der Waals surface area contributed by atoms with Gasteiger partial charge >= 0.3 is 6.03 Å². The van der Waals surface area contributed by atoms with Crippen LogP contribution in [0.2, 0.25) is 0 Å². The van der Waals surface area contributed by atoms with Gasteiger partial charge in [-0.25, -0.2) is 4.79 Å². The van der Waals surface area contributed by atoms with Crippen molar-refractivity contribution in [1.82, 2.24) is 10.6 Å². The summed E-state index contributed by atoms with van der Waals surface area (Å²) in [5, 5.41) is 4.96. The lowest BCUT2D eigenvalue weighted by molar-refractivity contribution is -0.119. The number of imide groups is 1. The first-order valence-corrected chi connectivity index (χ1v) is 5.49. The predicted octanol–water partition coefficient (Wildman–Crippen LogP) is 0.541. The quantitative estimate of drug-likeness (QED) is 0.712. The van der Waals surface area contributed by atoms with E-state index in [1.165, 1.54) is 0 Å². The number of benzene rings is 1. The summed E-state index contributed by atoms with van der Waals surface area (Å²) in [7, 11) is 1.59. The summed E-state index contributed by atoms with van der Waals surface area (Å²) < 4.78 is 5.11. The number of hydrogen-bond donors (Lipinski definition) is 3. The highest BCUT2D eigenvalue weighted by Gasteiger charge is 2.09. The Morgan fingerprint density at radius 3 is 2.78 bits per heavy atom. The van der Waals surface area contributed by atoms with Gasteiger partial charge in [-0.15, -0.1) is 0 Å². The number of hydrogen-bond acceptors (Lipinski definition) is 4. The molecule has 0 aromatic heterocycles. The van der Waals surface area contributed by atoms with Gasteiger partial charge in [0.25, 0.3) is 0 Å². The summed E-state index contributed by atoms with van der Waals surface area (Å²) >= 11 is 0. The molecule has 6 heteroatoms. The molecule has 1 aromatic carbocycles. The van der Waals surface area contributed by atoms with Gasteiger partial charge in [0.2, 0.25) is 5.91 Å². The third kappa shape index (κ3) is 4.42. The molecule has 0 aliphatic carbocycles. The first-order chi connectivity index (χ1) is 8.52. The molecular weight excluding hydrogens is 234 g/mol. The largest absolute Gasteiger partial charge is 0.497 e. The van der Waals surface area contributed by atoms with Gasteiger partial charge < -0.3 is 15.8 Å². The van der Waals surface area contributed by atoms with E-state index < -0.39 is 11.9 Å². The number of nitrogens with one attached hydrogen (secondary N) is 2. The second-order valence-corrected chi connectivity index (χ2v) is 3.79. The Bertz CT molecular complexity index is 434. The molecular formula is C12H17N3O3. The number of nitrogens with two attached hydrogens (primary N) is 1. The first-order valence-electron chi connectivity index (χ1n) is 5.49. The van der Waals surface area contributed by atoms with Crippen LogP contribution in [0.15, 0.2) is 24.3 Å². The topological polar surface area (TPSA) is 93.4 Å². The van der Waals surface area contributed by atoms with Crippen LogP contribution in [0, 0.1) is 0 Å². The van der Waals surface area contributed by atoms with Crippen LogP contribution in [0.3, 0.4) is 0 Å². The van der Waals surface area contributed by atoms with E-state index in [2.05, 4.69) is 5.32 Å². The van der Waals surface area contributed by atoms with Crippen molar-refractivity contribution in [2.45, 2.75) is 13.0 Å². The Kier molecular flexibility index (Phi) is 5.13. The fourth-order valence-corrected chi connectivity index (χ4v) is 1.46. The van der Waals surface area contributed by atoms with Crippen LogP contribution in [-0.2, 0) is 4.79 Å². The summed E-state index contributed by atoms with van der Waals surface area (Å²) in [6.07, 6.45) is 0. The minimum atomic E-state index is -0.851. The van der Waals surface area contributed by atoms with Gasteiger partial charge in [0.1, 0.15) is 5.75 Å². The zero-order valence-electron chi connectivity index (χ0n) is 10.4. The lowest BCUT2D eigenvalue weighted by atomic mass is 10.1. The van der Waals surface area contributed by atoms with Crippen LogP contribution in [0.25, 0.3) is 0 Å². The van der Waals surface area contributed by atoms with E-state index in [-0.39, 0.29) is 12.6 Å². The van der Waals surface area contributed by atoms with E-state index in [1.807, 2.05) is 36.5 Å². The molecule has 0 spiro atoms. The number of carbonyl (C=O) groups excluding carboxylic acids is 2. The number of carbonyl (C=O) groups is 2. The third-order valence-corrected chi connectivity index (χ3v) is 2.43. The molecule has 1 atom stereocenters. The lowest BCUT2D eigenvalue weighted by Crippen LogP contribution is -2.41. The molecule has 0 saturated carbocycles. The Balaban J connectivity index is 2.51. The van der Waals surface area contributed by atoms with E-state index in [1.54, 1.807) is 7.11 Å². The molecule has 0 heterocycles. The number of methoxy groups -OCH3 is 1. The molecule has 0 saturated heterocycles. The highest BCUT2D eigenvalue weighted by molar-refractivity contribution is 5.94. The maximum absolute atomic E-state index is 11.2. The molecule has 18 heavy (non-hydrogen) atoms. The van der Waals surface area contributed by atoms with Crippen molar-refractivity contribution < 1.29 is 14.3 Å². The third-order valence-electron chi connectivity index (χ3n) is 2.43. The molecule has 0 fully saturated rings. The van der Waals surface area contributed by atoms with Crippen LogP contribution in [0.5, 0.6) is 5.75 Å². The zero-order valence-corrected chi connectivity index (χ0v) is 10.4. The fourth-order valence-electron chi connectivity index (χ4n) is 1.46. The molecule has 98 valence electrons. The minimum absolute atomic E-state index is 0.0152. The van der Waals surface area contributed by atoms with Crippen LogP contribution < -0.4 is 21.1 Å². The van der Waals surface area contributed by atoms with Gasteiger partial charge in [0.05, 0.1) is 13.7 Å². The Morgan fingerprint density at radius 2 is 2.17 bits per heavy atom. The van der Waals surface area contributed by atoms with Gasteiger partial charge in [-0.2, -0.15) is 0 Å². The standard InChI is InChI=1S/C12H17N3O3/c1-8(14-7-11(16)15-12(13)17)9-4-3-5-10(6-9)18-2/h3-6,8,14H,7H2,1-2H3,(H3,13,15,16,17)/t8-/m1/s1. The van der Waals surface area contributed by atoms with E-state index in [0.29, 0.717) is 0 Å². The van der Waals surface area contributed by atoms with E-state index >= 15 is 0 Å². The molecule has 0 aliphatic heterocycles. The van der Waals surface area contributed by atoms with Crippen LogP contribution in [0.1, 0.15) is 18.5 Å². The smallest absolute Gasteiger partial charge is 0.318 e. The molecule has 1 rings (SSSR count). The zero-order chi connectivity index (χ0) is 13.5. The highest BCUT2D eigenvalue weighted by atomic mass is 16.5. The van der Waals surface area contributed by atoms with Crippen molar-refractivity contribution >= 4 is 11.9 Å². The van der Waals surface area contributed by atoms with Gasteiger partial charge in [0.15, 0.2) is 0 Å². The number of rotatable bonds is 5. The summed E-state index contributed by atoms with van der Waals surface area (Å²) in [4.78, 5) is 21.7. The van der Waals surface area contributed by atoms with Crippen molar-refractivity contribution in [2.75, 3.05) is 13.7 Å². The van der Waals surface area contributed by atoms with Gasteiger partial charge in [-0.1, -0.05) is 12.1 Å². The lowest BCUT2D eigenvalue weighted by Gasteiger charge is -2.14. The van der Waals surface area contributed by atoms with Crippen LogP contribution in [0.4, 0.5) is 4.79 Å². The summed E-state index contributed by atoms with van der Waals surface area (Å²) in [6, 6.07) is 6.62. The molecule has 6 nitrogen and oxygen atoms in total. The van der Waals surface area contributed by atoms with E-state index in [4.69, 9.17) is 10.5 Å². The molecule has 0 aliphatic rings. The molecule has 1 aromatic rings. The number of amides is 3. The molecule has 3 amide bonds. The fraction of sp³-hybridized carbons (Fsp3) is 0.333. The number of ether oxygens (including phenoxy) is 1. The summed E-state index contributed by atoms with van der Waals surface area (Å²) in [5.74, 6) is 0.292. The Morgan fingerprint density at radius 1 is 1.44 bits per heavy atom. The molecule has 0 unspecified atom stereocenters. The maximum atomic E-state index is 11.2. The SMILES string of the molecule is COc1cccc([C@@H](C)NCC(=O)NC(N)=O)c1. The van der Waals surface area contributed by atoms with Crippen LogP contribution in [-0.4, -0.2) is 25.6 Å². The minimum Gasteiger partial charge on any atom is -0.497 e. The van der Waals surface area contributed by atoms with E-state index in [0.717, 1.165) is 11.3 Å². The summed E-state index contributed by atoms with van der Waals surface area (Å²) in [5.41, 5.74) is 5.82. The molecule has 0 radical (unpaired) electrons. The average molecular weight is 251 g/mol. The highest BCUT2D eigenvalue weighted by Crippen LogP contribution is 2.18. The molecule has 4 N–H and O–H groups in total. The van der Waals surface area contributed by atoms with Crippen molar-refractivity contribution in [1.29, 1.82) is 0 Å². The second kappa shape index (κ2) is 6.61. The van der Waals surface area contributed by atoms with Crippen molar-refractivity contribution in [3.05, 3.63) is 29.8 Å². The van der Waals surface area contributed by atoms with Gasteiger partial charge in [-0.05, 0) is 24.6 Å². The monoisotopic (exact) mass is 251 g/mol. The normalized spacial score (nSPS) is 11.7. The van der Waals surface area contributed by atoms with Gasteiger partial charge in [-0.3, -0.25) is 10.1 Å². The van der Waals surface area contributed by atoms with Crippen molar-refractivity contribution in [3.63, 3.8) is 0 Å². The number of urea groups is 1. The predicted molar refractivity (Wildman–Crippen MR) is 67.1 cm³/mol. The Hall–Kier alpha value is -2.08. The van der Waals surface area contributed by atoms with Crippen molar-refractivity contribution in [2.24, 2.45) is 5.73 Å². The van der Waals surface area contributed by atoms with Crippen molar-refractivity contribution in [3.8, 4) is 5.75 Å². The maximum Gasteiger partial charge on any atom is 0.318 e. The molecule has 0 bridgehead atoms. The first kappa shape index (κ1) is 14.0. The summed E-state index contributed by atoms with van der Waals surface area (Å²) in [6.45, 7) is 1.92. The average Bonchev–Trinajstić information content (AvgIpc) is 2.35. The second-order valence-electron chi connectivity index (χ2n) is 3.79.